The number of hydrogen-bond acceptors (Lipinski definition) is 5. The zero-order valence-electron chi connectivity index (χ0n) is 12.6. The molecule has 0 aromatic rings. The summed E-state index contributed by atoms with van der Waals surface area (Å²) in [6, 6.07) is 0.235. The number of nitrogens with zero attached hydrogens (tertiary/aromatic N) is 1. The van der Waals surface area contributed by atoms with Crippen LogP contribution >= 0.6 is 0 Å². The number of ether oxygens (including phenoxy) is 2. The van der Waals surface area contributed by atoms with Gasteiger partial charge in [-0.05, 0) is 34.2 Å². The van der Waals surface area contributed by atoms with Gasteiger partial charge in [0.2, 0.25) is 0 Å². The van der Waals surface area contributed by atoms with Crippen molar-refractivity contribution in [2.45, 2.75) is 38.8 Å². The number of hydrogen-bond donors (Lipinski definition) is 1. The lowest BCUT2D eigenvalue weighted by Gasteiger charge is -2.31. The SMILES string of the molecule is COCCN(C)CCC(C)(NC(C)C)C(=O)OC. The van der Waals surface area contributed by atoms with Gasteiger partial charge >= 0.3 is 5.97 Å². The van der Waals surface area contributed by atoms with Crippen LogP contribution in [0.1, 0.15) is 27.2 Å². The van der Waals surface area contributed by atoms with Gasteiger partial charge in [-0.1, -0.05) is 0 Å². The summed E-state index contributed by atoms with van der Waals surface area (Å²) in [5, 5.41) is 3.29. The minimum absolute atomic E-state index is 0.212. The van der Waals surface area contributed by atoms with Gasteiger partial charge in [0.1, 0.15) is 5.54 Å². The first kappa shape index (κ1) is 17.4. The highest BCUT2D eigenvalue weighted by Gasteiger charge is 2.34. The fourth-order valence-corrected chi connectivity index (χ4v) is 1.87. The number of nitrogens with one attached hydrogen (secondary N) is 1. The molecule has 0 aromatic heterocycles. The molecule has 1 atom stereocenters. The quantitative estimate of drug-likeness (QED) is 0.624. The Hall–Kier alpha value is -0.650. The highest BCUT2D eigenvalue weighted by Crippen LogP contribution is 2.13. The average molecular weight is 260 g/mol. The van der Waals surface area contributed by atoms with Gasteiger partial charge in [-0.25, -0.2) is 0 Å². The van der Waals surface area contributed by atoms with E-state index in [1.54, 1.807) is 7.11 Å². The molecule has 18 heavy (non-hydrogen) atoms. The van der Waals surface area contributed by atoms with Gasteiger partial charge in [0.25, 0.3) is 0 Å². The van der Waals surface area contributed by atoms with E-state index in [-0.39, 0.29) is 12.0 Å². The second-order valence-corrected chi connectivity index (χ2v) is 5.17. The van der Waals surface area contributed by atoms with Crippen molar-refractivity contribution in [3.63, 3.8) is 0 Å². The standard InChI is InChI=1S/C13H28N2O3/c1-11(2)14-13(3,12(16)18-6)7-8-15(4)9-10-17-5/h11,14H,7-10H2,1-6H3. The average Bonchev–Trinajstić information content (AvgIpc) is 2.31. The lowest BCUT2D eigenvalue weighted by atomic mass is 9.96. The van der Waals surface area contributed by atoms with Crippen LogP contribution < -0.4 is 5.32 Å². The number of carbonyl (C=O) groups is 1. The third-order valence-corrected chi connectivity index (χ3v) is 2.91. The lowest BCUT2D eigenvalue weighted by molar-refractivity contribution is -0.148. The maximum Gasteiger partial charge on any atom is 0.325 e. The van der Waals surface area contributed by atoms with Crippen molar-refractivity contribution in [2.24, 2.45) is 0 Å². The van der Waals surface area contributed by atoms with Crippen LogP contribution in [0, 0.1) is 0 Å². The van der Waals surface area contributed by atoms with Crippen LogP contribution in [0.3, 0.4) is 0 Å². The topological polar surface area (TPSA) is 50.8 Å². The number of carbonyl (C=O) groups excluding carboxylic acids is 1. The molecule has 0 aliphatic rings. The second kappa shape index (κ2) is 8.45. The number of likely N-dealkylation sites (N-methyl/N-ethyl adjacent to an activating group) is 1. The Kier molecular flexibility index (Phi) is 8.15. The molecule has 108 valence electrons. The van der Waals surface area contributed by atoms with E-state index in [1.807, 2.05) is 27.8 Å². The Labute approximate surface area is 111 Å². The monoisotopic (exact) mass is 260 g/mol. The third-order valence-electron chi connectivity index (χ3n) is 2.91. The van der Waals surface area contributed by atoms with E-state index in [0.29, 0.717) is 13.0 Å². The van der Waals surface area contributed by atoms with Crippen molar-refractivity contribution in [2.75, 3.05) is 41.0 Å². The summed E-state index contributed by atoms with van der Waals surface area (Å²) >= 11 is 0. The maximum atomic E-state index is 11.9. The van der Waals surface area contributed by atoms with Crippen LogP contribution in [-0.2, 0) is 14.3 Å². The summed E-state index contributed by atoms with van der Waals surface area (Å²) in [6.45, 7) is 8.31. The molecule has 1 N–H and O–H groups in total. The zero-order chi connectivity index (χ0) is 14.2. The predicted octanol–water partition coefficient (Wildman–Crippen LogP) is 0.884. The first-order valence-corrected chi connectivity index (χ1v) is 6.39. The Morgan fingerprint density at radius 3 is 2.39 bits per heavy atom. The molecular formula is C13H28N2O3. The summed E-state index contributed by atoms with van der Waals surface area (Å²) in [5.74, 6) is -0.212. The molecule has 0 aliphatic carbocycles. The Bertz CT molecular complexity index is 246. The molecule has 0 rings (SSSR count). The molecular weight excluding hydrogens is 232 g/mol. The molecule has 0 aromatic carbocycles. The first-order valence-electron chi connectivity index (χ1n) is 6.39. The minimum atomic E-state index is -0.635. The fourth-order valence-electron chi connectivity index (χ4n) is 1.87. The molecule has 0 saturated heterocycles. The third kappa shape index (κ3) is 6.33. The van der Waals surface area contributed by atoms with Crippen molar-refractivity contribution in [1.29, 1.82) is 0 Å². The molecule has 5 heteroatoms. The van der Waals surface area contributed by atoms with Crippen molar-refractivity contribution in [3.8, 4) is 0 Å². The Morgan fingerprint density at radius 1 is 1.33 bits per heavy atom. The van der Waals surface area contributed by atoms with Crippen molar-refractivity contribution in [1.82, 2.24) is 10.2 Å². The van der Waals surface area contributed by atoms with E-state index < -0.39 is 5.54 Å². The van der Waals surface area contributed by atoms with Crippen molar-refractivity contribution < 1.29 is 14.3 Å². The summed E-state index contributed by atoms with van der Waals surface area (Å²) in [4.78, 5) is 14.0. The van der Waals surface area contributed by atoms with Crippen LogP contribution in [0.5, 0.6) is 0 Å². The van der Waals surface area contributed by atoms with E-state index in [0.717, 1.165) is 13.1 Å². The molecule has 1 unspecified atom stereocenters. The van der Waals surface area contributed by atoms with Crippen LogP contribution in [0.25, 0.3) is 0 Å². The zero-order valence-corrected chi connectivity index (χ0v) is 12.6. The Morgan fingerprint density at radius 2 is 1.94 bits per heavy atom. The van der Waals surface area contributed by atoms with Crippen LogP contribution in [-0.4, -0.2) is 63.4 Å². The molecule has 0 bridgehead atoms. The van der Waals surface area contributed by atoms with Gasteiger partial charge in [-0.3, -0.25) is 10.1 Å². The molecule has 0 fully saturated rings. The van der Waals surface area contributed by atoms with Crippen molar-refractivity contribution in [3.05, 3.63) is 0 Å². The normalized spacial score (nSPS) is 14.9. The molecule has 0 heterocycles. The summed E-state index contributed by atoms with van der Waals surface area (Å²) in [6.07, 6.45) is 0.706. The highest BCUT2D eigenvalue weighted by atomic mass is 16.5. The van der Waals surface area contributed by atoms with Gasteiger partial charge < -0.3 is 14.4 Å². The van der Waals surface area contributed by atoms with E-state index in [1.165, 1.54) is 7.11 Å². The van der Waals surface area contributed by atoms with E-state index in [2.05, 4.69) is 10.2 Å². The predicted molar refractivity (Wildman–Crippen MR) is 72.7 cm³/mol. The van der Waals surface area contributed by atoms with E-state index >= 15 is 0 Å². The Balaban J connectivity index is 4.37. The van der Waals surface area contributed by atoms with E-state index in [9.17, 15) is 4.79 Å². The molecule has 0 aliphatic heterocycles. The number of esters is 1. The fraction of sp³-hybridized carbons (Fsp3) is 0.923. The maximum absolute atomic E-state index is 11.9. The lowest BCUT2D eigenvalue weighted by Crippen LogP contribution is -2.54. The van der Waals surface area contributed by atoms with Crippen LogP contribution in [0.2, 0.25) is 0 Å². The van der Waals surface area contributed by atoms with E-state index in [4.69, 9.17) is 9.47 Å². The van der Waals surface area contributed by atoms with Gasteiger partial charge in [0.15, 0.2) is 0 Å². The van der Waals surface area contributed by atoms with Crippen LogP contribution in [0.4, 0.5) is 0 Å². The smallest absolute Gasteiger partial charge is 0.325 e. The number of methoxy groups -OCH3 is 2. The molecule has 0 radical (unpaired) electrons. The molecule has 0 amide bonds. The largest absolute Gasteiger partial charge is 0.468 e. The van der Waals surface area contributed by atoms with Gasteiger partial charge in [-0.2, -0.15) is 0 Å². The number of rotatable bonds is 9. The van der Waals surface area contributed by atoms with Crippen molar-refractivity contribution >= 4 is 5.97 Å². The summed E-state index contributed by atoms with van der Waals surface area (Å²) in [7, 11) is 5.13. The first-order chi connectivity index (χ1) is 8.35. The van der Waals surface area contributed by atoms with Gasteiger partial charge in [0.05, 0.1) is 13.7 Å². The molecule has 5 nitrogen and oxygen atoms in total. The van der Waals surface area contributed by atoms with Gasteiger partial charge in [-0.15, -0.1) is 0 Å². The minimum Gasteiger partial charge on any atom is -0.468 e. The summed E-state index contributed by atoms with van der Waals surface area (Å²) < 4.78 is 9.91. The molecule has 0 saturated carbocycles. The summed E-state index contributed by atoms with van der Waals surface area (Å²) in [5.41, 5.74) is -0.635. The highest BCUT2D eigenvalue weighted by molar-refractivity contribution is 5.80. The van der Waals surface area contributed by atoms with Gasteiger partial charge in [0, 0.05) is 26.2 Å². The second-order valence-electron chi connectivity index (χ2n) is 5.17. The van der Waals surface area contributed by atoms with Crippen LogP contribution in [0.15, 0.2) is 0 Å². The molecule has 0 spiro atoms.